The van der Waals surface area contributed by atoms with Crippen molar-refractivity contribution in [3.63, 3.8) is 0 Å². The molecule has 0 radical (unpaired) electrons. The van der Waals surface area contributed by atoms with Crippen molar-refractivity contribution in [2.24, 2.45) is 0 Å². The summed E-state index contributed by atoms with van der Waals surface area (Å²) in [5.74, 6) is 0.418. The van der Waals surface area contributed by atoms with E-state index in [1.807, 2.05) is 28.0 Å². The topological polar surface area (TPSA) is 51.0 Å². The fraction of sp³-hybridized carbons (Fsp3) is 0.562. The molecule has 2 aromatic heterocycles. The van der Waals surface area contributed by atoms with Crippen LogP contribution in [0.5, 0.6) is 0 Å². The van der Waals surface area contributed by atoms with Gasteiger partial charge in [-0.1, -0.05) is 6.92 Å². The maximum absolute atomic E-state index is 12.6. The van der Waals surface area contributed by atoms with Crippen molar-refractivity contribution in [2.45, 2.75) is 45.6 Å². The average Bonchev–Trinajstić information content (AvgIpc) is 3.16. The van der Waals surface area contributed by atoms with E-state index in [-0.39, 0.29) is 5.91 Å². The van der Waals surface area contributed by atoms with Crippen LogP contribution in [0.2, 0.25) is 0 Å². The zero-order valence-corrected chi connectivity index (χ0v) is 14.0. The number of nitrogens with zero attached hydrogens (tertiary/aromatic N) is 4. The lowest BCUT2D eigenvalue weighted by atomic mass is 9.98. The molecule has 1 saturated heterocycles. The number of aryl methyl sites for hydroxylation is 2. The van der Waals surface area contributed by atoms with E-state index in [0.29, 0.717) is 11.6 Å². The summed E-state index contributed by atoms with van der Waals surface area (Å²) in [4.78, 5) is 20.3. The second kappa shape index (κ2) is 6.60. The Balaban J connectivity index is 1.69. The first kappa shape index (κ1) is 15.2. The summed E-state index contributed by atoms with van der Waals surface area (Å²) >= 11 is 1.75. The summed E-state index contributed by atoms with van der Waals surface area (Å²) in [5, 5.41) is 5.55. The van der Waals surface area contributed by atoms with E-state index in [0.717, 1.165) is 43.9 Å². The molecule has 5 nitrogen and oxygen atoms in total. The van der Waals surface area contributed by atoms with E-state index in [1.54, 1.807) is 11.3 Å². The van der Waals surface area contributed by atoms with E-state index in [2.05, 4.69) is 23.9 Å². The summed E-state index contributed by atoms with van der Waals surface area (Å²) in [5.41, 5.74) is 0.560. The third-order valence-corrected chi connectivity index (χ3v) is 5.08. The van der Waals surface area contributed by atoms with Gasteiger partial charge in [-0.25, -0.2) is 4.98 Å². The van der Waals surface area contributed by atoms with Gasteiger partial charge in [-0.05, 0) is 32.3 Å². The van der Waals surface area contributed by atoms with Crippen molar-refractivity contribution >= 4 is 17.2 Å². The molecule has 1 aliphatic rings. The van der Waals surface area contributed by atoms with Gasteiger partial charge < -0.3 is 4.90 Å². The van der Waals surface area contributed by atoms with Crippen LogP contribution >= 0.6 is 11.3 Å². The fourth-order valence-corrected chi connectivity index (χ4v) is 3.82. The second-order valence-electron chi connectivity index (χ2n) is 5.86. The van der Waals surface area contributed by atoms with E-state index < -0.39 is 0 Å². The third kappa shape index (κ3) is 3.21. The molecule has 2 aromatic rings. The van der Waals surface area contributed by atoms with Gasteiger partial charge in [0.05, 0.1) is 5.01 Å². The Bertz CT molecular complexity index is 648. The lowest BCUT2D eigenvalue weighted by Gasteiger charge is -2.31. The van der Waals surface area contributed by atoms with Crippen molar-refractivity contribution in [1.29, 1.82) is 0 Å². The molecule has 3 heterocycles. The molecule has 3 rings (SSSR count). The van der Waals surface area contributed by atoms with Crippen LogP contribution in [0.4, 0.5) is 0 Å². The van der Waals surface area contributed by atoms with Gasteiger partial charge in [0.15, 0.2) is 0 Å². The molecule has 0 N–H and O–H groups in total. The van der Waals surface area contributed by atoms with Crippen molar-refractivity contribution in [3.05, 3.63) is 34.0 Å². The van der Waals surface area contributed by atoms with Crippen LogP contribution in [0.1, 0.15) is 52.5 Å². The highest BCUT2D eigenvalue weighted by Gasteiger charge is 2.28. The molecule has 1 atom stereocenters. The van der Waals surface area contributed by atoms with Crippen LogP contribution in [0.15, 0.2) is 18.5 Å². The Labute approximate surface area is 135 Å². The number of likely N-dealkylation sites (tertiary alicyclic amines) is 1. The minimum atomic E-state index is 0.0489. The lowest BCUT2D eigenvalue weighted by Crippen LogP contribution is -2.39. The smallest absolute Gasteiger partial charge is 0.274 e. The van der Waals surface area contributed by atoms with E-state index in [1.165, 1.54) is 4.88 Å². The van der Waals surface area contributed by atoms with Gasteiger partial charge in [-0.15, -0.1) is 11.3 Å². The lowest BCUT2D eigenvalue weighted by molar-refractivity contribution is 0.0700. The first-order chi connectivity index (χ1) is 10.7. The van der Waals surface area contributed by atoms with Crippen molar-refractivity contribution in [3.8, 4) is 0 Å². The predicted octanol–water partition coefficient (Wildman–Crippen LogP) is 3.08. The van der Waals surface area contributed by atoms with Crippen LogP contribution in [0.25, 0.3) is 0 Å². The molecule has 1 fully saturated rings. The SMILES string of the molecule is CCCn1ccc(C(=O)N2CCC[C@@H](c3ncc(C)s3)C2)n1. The highest BCUT2D eigenvalue weighted by Crippen LogP contribution is 2.30. The summed E-state index contributed by atoms with van der Waals surface area (Å²) < 4.78 is 1.85. The first-order valence-corrected chi connectivity index (χ1v) is 8.74. The zero-order valence-electron chi connectivity index (χ0n) is 13.2. The van der Waals surface area contributed by atoms with Gasteiger partial charge in [0.1, 0.15) is 5.69 Å². The Morgan fingerprint density at radius 3 is 3.09 bits per heavy atom. The molecule has 0 aromatic carbocycles. The summed E-state index contributed by atoms with van der Waals surface area (Å²) in [6.45, 7) is 6.61. The monoisotopic (exact) mass is 318 g/mol. The number of aromatic nitrogens is 3. The fourth-order valence-electron chi connectivity index (χ4n) is 2.92. The van der Waals surface area contributed by atoms with Crippen LogP contribution in [0.3, 0.4) is 0 Å². The standard InChI is InChI=1S/C16H22N4OS/c1-3-7-20-9-6-14(18-20)16(21)19-8-4-5-13(11-19)15-17-10-12(2)22-15/h6,9-10,13H,3-5,7-8,11H2,1-2H3/t13-/m1/s1. The highest BCUT2D eigenvalue weighted by atomic mass is 32.1. The summed E-state index contributed by atoms with van der Waals surface area (Å²) in [6.07, 6.45) is 6.98. The Morgan fingerprint density at radius 1 is 1.50 bits per heavy atom. The molecule has 0 spiro atoms. The Kier molecular flexibility index (Phi) is 4.57. The molecule has 22 heavy (non-hydrogen) atoms. The molecule has 1 amide bonds. The molecular formula is C16H22N4OS. The van der Waals surface area contributed by atoms with Crippen LogP contribution in [-0.2, 0) is 6.54 Å². The number of hydrogen-bond donors (Lipinski definition) is 0. The normalized spacial score (nSPS) is 18.6. The van der Waals surface area contributed by atoms with Gasteiger partial charge in [0.25, 0.3) is 5.91 Å². The Hall–Kier alpha value is -1.69. The number of hydrogen-bond acceptors (Lipinski definition) is 4. The van der Waals surface area contributed by atoms with E-state index in [4.69, 9.17) is 0 Å². The average molecular weight is 318 g/mol. The highest BCUT2D eigenvalue weighted by molar-refractivity contribution is 7.11. The number of carbonyl (C=O) groups is 1. The third-order valence-electron chi connectivity index (χ3n) is 4.01. The van der Waals surface area contributed by atoms with Gasteiger partial charge in [-0.3, -0.25) is 9.48 Å². The largest absolute Gasteiger partial charge is 0.337 e. The number of thiazole rings is 1. The molecule has 1 aliphatic heterocycles. The number of carbonyl (C=O) groups excluding carboxylic acids is 1. The number of rotatable bonds is 4. The first-order valence-electron chi connectivity index (χ1n) is 7.92. The number of piperidine rings is 1. The van der Waals surface area contributed by atoms with Gasteiger partial charge in [0.2, 0.25) is 0 Å². The maximum atomic E-state index is 12.6. The predicted molar refractivity (Wildman–Crippen MR) is 87.2 cm³/mol. The molecule has 0 saturated carbocycles. The summed E-state index contributed by atoms with van der Waals surface area (Å²) in [6, 6.07) is 1.83. The van der Waals surface area contributed by atoms with Crippen LogP contribution in [0, 0.1) is 6.92 Å². The molecule has 6 heteroatoms. The van der Waals surface area contributed by atoms with Crippen molar-refractivity contribution in [2.75, 3.05) is 13.1 Å². The van der Waals surface area contributed by atoms with Crippen LogP contribution < -0.4 is 0 Å². The van der Waals surface area contributed by atoms with E-state index >= 15 is 0 Å². The van der Waals surface area contributed by atoms with Crippen molar-refractivity contribution < 1.29 is 4.79 Å². The number of amides is 1. The van der Waals surface area contributed by atoms with Crippen molar-refractivity contribution in [1.82, 2.24) is 19.7 Å². The Morgan fingerprint density at radius 2 is 2.36 bits per heavy atom. The molecule has 0 aliphatic carbocycles. The summed E-state index contributed by atoms with van der Waals surface area (Å²) in [7, 11) is 0. The minimum Gasteiger partial charge on any atom is -0.337 e. The quantitative estimate of drug-likeness (QED) is 0.870. The maximum Gasteiger partial charge on any atom is 0.274 e. The molecule has 118 valence electrons. The molecule has 0 unspecified atom stereocenters. The minimum absolute atomic E-state index is 0.0489. The molecule has 0 bridgehead atoms. The van der Waals surface area contributed by atoms with Gasteiger partial charge in [-0.2, -0.15) is 5.10 Å². The van der Waals surface area contributed by atoms with Crippen LogP contribution in [-0.4, -0.2) is 38.7 Å². The molecular weight excluding hydrogens is 296 g/mol. The van der Waals surface area contributed by atoms with Gasteiger partial charge in [0, 0.05) is 42.8 Å². The van der Waals surface area contributed by atoms with E-state index in [9.17, 15) is 4.79 Å². The second-order valence-corrected chi connectivity index (χ2v) is 7.13. The zero-order chi connectivity index (χ0) is 15.5. The van der Waals surface area contributed by atoms with Gasteiger partial charge >= 0.3 is 0 Å².